The maximum Gasteiger partial charge on any atom is 0.586 e. The van der Waals surface area contributed by atoms with Gasteiger partial charge in [-0.2, -0.15) is 0 Å². The molecule has 1 aliphatic heterocycles. The summed E-state index contributed by atoms with van der Waals surface area (Å²) in [5, 5.41) is 0. The topological polar surface area (TPSA) is 52.6 Å². The van der Waals surface area contributed by atoms with Crippen molar-refractivity contribution in [1.82, 2.24) is 0 Å². The summed E-state index contributed by atoms with van der Waals surface area (Å²) in [6.45, 7) is 3.91. The fraction of sp³-hybridized carbons (Fsp3) is 0.259. The molecular weight excluding hydrogens is 426 g/mol. The molecule has 1 aliphatic carbocycles. The Morgan fingerprint density at radius 3 is 2.45 bits per heavy atom. The SMILES string of the molecule is Cc1ccc(CC(=O)C2(c3ccc4c(c3)OC(F)(F)O4)CC2)cc1-c1cccc(C=O)c1C. The predicted octanol–water partition coefficient (Wildman–Crippen LogP) is 5.95. The van der Waals surface area contributed by atoms with Crippen molar-refractivity contribution >= 4 is 12.1 Å². The lowest BCUT2D eigenvalue weighted by Gasteiger charge is -2.17. The smallest absolute Gasteiger partial charge is 0.395 e. The highest BCUT2D eigenvalue weighted by molar-refractivity contribution is 5.95. The number of fused-ring (bicyclic) bond motifs is 1. The summed E-state index contributed by atoms with van der Waals surface area (Å²) in [6.07, 6.45) is -1.27. The van der Waals surface area contributed by atoms with Gasteiger partial charge in [0.15, 0.2) is 11.5 Å². The molecule has 1 fully saturated rings. The Morgan fingerprint density at radius 2 is 1.73 bits per heavy atom. The predicted molar refractivity (Wildman–Crippen MR) is 119 cm³/mol. The number of aryl methyl sites for hydroxylation is 1. The number of Topliss-reactive ketones (excluding diaryl/α,β-unsaturated/α-hetero) is 1. The first-order valence-corrected chi connectivity index (χ1v) is 10.8. The van der Waals surface area contributed by atoms with Gasteiger partial charge in [-0.1, -0.05) is 42.5 Å². The van der Waals surface area contributed by atoms with E-state index in [1.165, 1.54) is 12.1 Å². The van der Waals surface area contributed by atoms with Gasteiger partial charge in [-0.3, -0.25) is 9.59 Å². The number of rotatable bonds is 6. The molecule has 6 heteroatoms. The number of carbonyl (C=O) groups is 2. The molecular formula is C27H22F2O4. The number of ether oxygens (including phenoxy) is 2. The van der Waals surface area contributed by atoms with Crippen molar-refractivity contribution in [2.75, 3.05) is 0 Å². The third-order valence-electron chi connectivity index (χ3n) is 6.70. The third kappa shape index (κ3) is 3.69. The monoisotopic (exact) mass is 448 g/mol. The molecule has 0 radical (unpaired) electrons. The van der Waals surface area contributed by atoms with Gasteiger partial charge in [0.25, 0.3) is 0 Å². The minimum Gasteiger partial charge on any atom is -0.395 e. The van der Waals surface area contributed by atoms with Gasteiger partial charge in [0.1, 0.15) is 12.1 Å². The minimum absolute atomic E-state index is 0.0249. The van der Waals surface area contributed by atoms with Crippen molar-refractivity contribution in [2.24, 2.45) is 0 Å². The quantitative estimate of drug-likeness (QED) is 0.438. The summed E-state index contributed by atoms with van der Waals surface area (Å²) in [7, 11) is 0. The molecule has 2 aliphatic rings. The first kappa shape index (κ1) is 21.3. The molecule has 5 rings (SSSR count). The van der Waals surface area contributed by atoms with E-state index in [4.69, 9.17) is 0 Å². The van der Waals surface area contributed by atoms with E-state index in [9.17, 15) is 18.4 Å². The maximum absolute atomic E-state index is 13.4. The average Bonchev–Trinajstić information content (AvgIpc) is 3.52. The van der Waals surface area contributed by atoms with Crippen molar-refractivity contribution in [1.29, 1.82) is 0 Å². The number of hydrogen-bond acceptors (Lipinski definition) is 4. The second kappa shape index (κ2) is 7.51. The molecule has 0 spiro atoms. The van der Waals surface area contributed by atoms with Gasteiger partial charge in [-0.05, 0) is 72.2 Å². The molecule has 0 amide bonds. The third-order valence-corrected chi connectivity index (χ3v) is 6.70. The summed E-state index contributed by atoms with van der Waals surface area (Å²) in [5.74, 6) is -0.0240. The van der Waals surface area contributed by atoms with Crippen LogP contribution in [0.1, 0.15) is 45.5 Å². The zero-order valence-corrected chi connectivity index (χ0v) is 18.3. The van der Waals surface area contributed by atoms with Gasteiger partial charge in [0, 0.05) is 12.0 Å². The van der Waals surface area contributed by atoms with Crippen molar-refractivity contribution < 1.29 is 27.8 Å². The molecule has 0 bridgehead atoms. The molecule has 0 atom stereocenters. The van der Waals surface area contributed by atoms with Crippen molar-refractivity contribution in [3.63, 3.8) is 0 Å². The van der Waals surface area contributed by atoms with E-state index in [-0.39, 0.29) is 23.7 Å². The number of halogens is 2. The second-order valence-corrected chi connectivity index (χ2v) is 8.80. The first-order valence-electron chi connectivity index (χ1n) is 10.8. The van der Waals surface area contributed by atoms with Crippen molar-refractivity contribution in [3.8, 4) is 22.6 Å². The van der Waals surface area contributed by atoms with E-state index in [0.717, 1.165) is 34.1 Å². The lowest BCUT2D eigenvalue weighted by Crippen LogP contribution is -2.26. The van der Waals surface area contributed by atoms with E-state index in [2.05, 4.69) is 9.47 Å². The Morgan fingerprint density at radius 1 is 0.970 bits per heavy atom. The van der Waals surface area contributed by atoms with Crippen LogP contribution in [0.5, 0.6) is 11.5 Å². The summed E-state index contributed by atoms with van der Waals surface area (Å²) >= 11 is 0. The first-order chi connectivity index (χ1) is 15.7. The maximum atomic E-state index is 13.4. The Hall–Kier alpha value is -3.54. The van der Waals surface area contributed by atoms with E-state index < -0.39 is 11.7 Å². The van der Waals surface area contributed by atoms with Crippen LogP contribution >= 0.6 is 0 Å². The van der Waals surface area contributed by atoms with Crippen LogP contribution in [-0.2, 0) is 16.6 Å². The highest BCUT2D eigenvalue weighted by Gasteiger charge is 2.52. The standard InChI is InChI=1S/C27H22F2O4/c1-16-6-7-18(12-22(16)21-5-3-4-19(15-30)17(21)2)13-25(31)26(10-11-26)20-8-9-23-24(14-20)33-27(28,29)32-23/h3-9,12,14-15H,10-11,13H2,1-2H3. The highest BCUT2D eigenvalue weighted by Crippen LogP contribution is 2.52. The fourth-order valence-electron chi connectivity index (χ4n) is 4.60. The van der Waals surface area contributed by atoms with Crippen LogP contribution in [0.15, 0.2) is 54.6 Å². The molecule has 0 saturated heterocycles. The van der Waals surface area contributed by atoms with Crippen LogP contribution in [0.25, 0.3) is 11.1 Å². The second-order valence-electron chi connectivity index (χ2n) is 8.80. The molecule has 33 heavy (non-hydrogen) atoms. The van der Waals surface area contributed by atoms with Crippen LogP contribution in [0, 0.1) is 13.8 Å². The Bertz CT molecular complexity index is 1290. The largest absolute Gasteiger partial charge is 0.586 e. The number of ketones is 1. The summed E-state index contributed by atoms with van der Waals surface area (Å²) in [5.41, 5.74) is 5.39. The van der Waals surface area contributed by atoms with Crippen LogP contribution in [0.4, 0.5) is 8.78 Å². The van der Waals surface area contributed by atoms with Gasteiger partial charge in [0.2, 0.25) is 0 Å². The molecule has 3 aromatic rings. The van der Waals surface area contributed by atoms with Gasteiger partial charge < -0.3 is 9.47 Å². The molecule has 4 nitrogen and oxygen atoms in total. The van der Waals surface area contributed by atoms with E-state index in [0.29, 0.717) is 24.0 Å². The summed E-state index contributed by atoms with van der Waals surface area (Å²) in [4.78, 5) is 24.7. The average molecular weight is 448 g/mol. The summed E-state index contributed by atoms with van der Waals surface area (Å²) in [6, 6.07) is 16.1. The number of benzene rings is 3. The van der Waals surface area contributed by atoms with Crippen molar-refractivity contribution in [3.05, 3.63) is 82.4 Å². The Balaban J connectivity index is 1.42. The Kier molecular flexibility index (Phi) is 4.85. The van der Waals surface area contributed by atoms with Crippen LogP contribution in [0.3, 0.4) is 0 Å². The van der Waals surface area contributed by atoms with E-state index in [1.807, 2.05) is 44.2 Å². The molecule has 3 aromatic carbocycles. The van der Waals surface area contributed by atoms with Gasteiger partial charge >= 0.3 is 6.29 Å². The normalized spacial score (nSPS) is 17.0. The van der Waals surface area contributed by atoms with Gasteiger partial charge in [-0.25, -0.2) is 0 Å². The van der Waals surface area contributed by atoms with E-state index in [1.54, 1.807) is 12.1 Å². The fourth-order valence-corrected chi connectivity index (χ4v) is 4.60. The number of carbonyl (C=O) groups excluding carboxylic acids is 2. The molecule has 1 heterocycles. The number of alkyl halides is 2. The zero-order chi connectivity index (χ0) is 23.4. The van der Waals surface area contributed by atoms with Crippen LogP contribution in [-0.4, -0.2) is 18.4 Å². The Labute approximate surface area is 190 Å². The van der Waals surface area contributed by atoms with Crippen molar-refractivity contribution in [2.45, 2.75) is 44.8 Å². The van der Waals surface area contributed by atoms with Gasteiger partial charge in [0.05, 0.1) is 5.41 Å². The lowest BCUT2D eigenvalue weighted by molar-refractivity contribution is -0.286. The van der Waals surface area contributed by atoms with Crippen LogP contribution in [0.2, 0.25) is 0 Å². The zero-order valence-electron chi connectivity index (χ0n) is 18.3. The van der Waals surface area contributed by atoms with Crippen LogP contribution < -0.4 is 9.47 Å². The summed E-state index contributed by atoms with van der Waals surface area (Å²) < 4.78 is 35.8. The number of hydrogen-bond donors (Lipinski definition) is 0. The highest BCUT2D eigenvalue weighted by atomic mass is 19.3. The number of aldehydes is 1. The minimum atomic E-state index is -3.68. The molecule has 0 unspecified atom stereocenters. The molecule has 168 valence electrons. The molecule has 0 aromatic heterocycles. The molecule has 0 N–H and O–H groups in total. The van der Waals surface area contributed by atoms with Gasteiger partial charge in [-0.15, -0.1) is 8.78 Å². The lowest BCUT2D eigenvalue weighted by atomic mass is 9.86. The van der Waals surface area contributed by atoms with E-state index >= 15 is 0 Å². The molecule has 1 saturated carbocycles.